The molecule has 0 spiro atoms. The third-order valence-electron chi connectivity index (χ3n) is 4.76. The summed E-state index contributed by atoms with van der Waals surface area (Å²) in [6.45, 7) is 0.686. The van der Waals surface area contributed by atoms with Crippen molar-refractivity contribution in [1.82, 2.24) is 20.0 Å². The van der Waals surface area contributed by atoms with Crippen LogP contribution in [0.3, 0.4) is 0 Å². The Hall–Kier alpha value is -3.65. The lowest BCUT2D eigenvalue weighted by Gasteiger charge is -2.08. The first-order valence-electron chi connectivity index (χ1n) is 9.84. The zero-order valence-corrected chi connectivity index (χ0v) is 17.8. The van der Waals surface area contributed by atoms with Crippen molar-refractivity contribution >= 4 is 28.1 Å². The molecule has 0 saturated heterocycles. The third kappa shape index (κ3) is 4.92. The fourth-order valence-electron chi connectivity index (χ4n) is 3.18. The topological polar surface area (TPSA) is 84.7 Å². The fourth-order valence-corrected chi connectivity index (χ4v) is 4.05. The van der Waals surface area contributed by atoms with E-state index in [0.717, 1.165) is 21.9 Å². The van der Waals surface area contributed by atoms with Crippen molar-refractivity contribution in [3.8, 4) is 17.0 Å². The molecule has 0 aliphatic carbocycles. The smallest absolute Gasteiger partial charge is 0.251 e. The molecule has 2 heterocycles. The zero-order valence-electron chi connectivity index (χ0n) is 17.0. The SMILES string of the molecule is COc1cccc(C(=O)NCCNC(=O)Cc2csc3nc(-c4ccccc4)cn23)c1. The van der Waals surface area contributed by atoms with Crippen LogP contribution >= 0.6 is 11.3 Å². The van der Waals surface area contributed by atoms with Gasteiger partial charge in [0.05, 0.1) is 19.2 Å². The number of ether oxygens (including phenoxy) is 1. The van der Waals surface area contributed by atoms with Gasteiger partial charge in [0.2, 0.25) is 5.91 Å². The van der Waals surface area contributed by atoms with Gasteiger partial charge in [-0.2, -0.15) is 0 Å². The Balaban J connectivity index is 1.28. The van der Waals surface area contributed by atoms with E-state index in [-0.39, 0.29) is 18.2 Å². The van der Waals surface area contributed by atoms with Crippen LogP contribution in [0, 0.1) is 0 Å². The van der Waals surface area contributed by atoms with Crippen molar-refractivity contribution in [2.75, 3.05) is 20.2 Å². The number of benzene rings is 2. The lowest BCUT2D eigenvalue weighted by atomic mass is 10.2. The standard InChI is InChI=1S/C23H22N4O3S/c1-30-19-9-5-8-17(12-19)22(29)25-11-10-24-21(28)13-18-15-31-23-26-20(14-27(18)23)16-6-3-2-4-7-16/h2-9,12,14-15H,10-11,13H2,1H3,(H,24,28)(H,25,29). The molecule has 0 atom stereocenters. The summed E-state index contributed by atoms with van der Waals surface area (Å²) in [7, 11) is 1.56. The normalized spacial score (nSPS) is 10.7. The van der Waals surface area contributed by atoms with Gasteiger partial charge in [0.15, 0.2) is 4.96 Å². The fraction of sp³-hybridized carbons (Fsp3) is 0.174. The van der Waals surface area contributed by atoms with E-state index in [1.165, 1.54) is 11.3 Å². The highest BCUT2D eigenvalue weighted by molar-refractivity contribution is 7.15. The van der Waals surface area contributed by atoms with Crippen LogP contribution in [-0.2, 0) is 11.2 Å². The molecule has 2 aromatic heterocycles. The minimum atomic E-state index is -0.209. The molecule has 0 aliphatic heterocycles. The van der Waals surface area contributed by atoms with Gasteiger partial charge >= 0.3 is 0 Å². The van der Waals surface area contributed by atoms with Gasteiger partial charge in [0.1, 0.15) is 5.75 Å². The van der Waals surface area contributed by atoms with Crippen LogP contribution in [0.25, 0.3) is 16.2 Å². The summed E-state index contributed by atoms with van der Waals surface area (Å²) in [5.74, 6) is 0.308. The van der Waals surface area contributed by atoms with Gasteiger partial charge in [-0.15, -0.1) is 11.3 Å². The van der Waals surface area contributed by atoms with E-state index in [0.29, 0.717) is 24.4 Å². The Morgan fingerprint density at radius 2 is 1.87 bits per heavy atom. The van der Waals surface area contributed by atoms with Gasteiger partial charge in [-0.1, -0.05) is 36.4 Å². The summed E-state index contributed by atoms with van der Waals surface area (Å²) in [4.78, 5) is 30.0. The second-order valence-electron chi connectivity index (χ2n) is 6.89. The van der Waals surface area contributed by atoms with Gasteiger partial charge in [0.25, 0.3) is 5.91 Å². The third-order valence-corrected chi connectivity index (χ3v) is 5.65. The van der Waals surface area contributed by atoms with Crippen molar-refractivity contribution in [2.24, 2.45) is 0 Å². The van der Waals surface area contributed by atoms with E-state index in [1.54, 1.807) is 31.4 Å². The molecule has 7 nitrogen and oxygen atoms in total. The van der Waals surface area contributed by atoms with Crippen LogP contribution in [0.5, 0.6) is 5.75 Å². The number of imidazole rings is 1. The maximum absolute atomic E-state index is 12.4. The molecule has 2 N–H and O–H groups in total. The number of nitrogens with one attached hydrogen (secondary N) is 2. The van der Waals surface area contributed by atoms with Gasteiger partial charge in [-0.25, -0.2) is 4.98 Å². The minimum Gasteiger partial charge on any atom is -0.497 e. The van der Waals surface area contributed by atoms with Crippen molar-refractivity contribution in [2.45, 2.75) is 6.42 Å². The van der Waals surface area contributed by atoms with Gasteiger partial charge in [0, 0.05) is 41.5 Å². The molecule has 31 heavy (non-hydrogen) atoms. The number of hydrogen-bond acceptors (Lipinski definition) is 5. The Bertz CT molecular complexity index is 1200. The van der Waals surface area contributed by atoms with Crippen LogP contribution in [0.1, 0.15) is 16.1 Å². The number of carbonyl (C=O) groups excluding carboxylic acids is 2. The van der Waals surface area contributed by atoms with Gasteiger partial charge < -0.3 is 15.4 Å². The first-order valence-corrected chi connectivity index (χ1v) is 10.7. The average molecular weight is 435 g/mol. The van der Waals surface area contributed by atoms with E-state index in [2.05, 4.69) is 15.6 Å². The maximum Gasteiger partial charge on any atom is 0.251 e. The first-order chi connectivity index (χ1) is 15.1. The predicted molar refractivity (Wildman–Crippen MR) is 121 cm³/mol. The number of amides is 2. The lowest BCUT2D eigenvalue weighted by molar-refractivity contribution is -0.120. The summed E-state index contributed by atoms with van der Waals surface area (Å²) >= 11 is 1.51. The Labute approximate surface area is 183 Å². The first kappa shape index (κ1) is 20.6. The molecule has 0 bridgehead atoms. The molecule has 158 valence electrons. The summed E-state index contributed by atoms with van der Waals surface area (Å²) in [5.41, 5.74) is 3.32. The zero-order chi connectivity index (χ0) is 21.6. The van der Waals surface area contributed by atoms with Crippen LogP contribution in [0.4, 0.5) is 0 Å². The highest BCUT2D eigenvalue weighted by atomic mass is 32.1. The Morgan fingerprint density at radius 1 is 1.06 bits per heavy atom. The Morgan fingerprint density at radius 3 is 2.68 bits per heavy atom. The molecule has 2 amide bonds. The van der Waals surface area contributed by atoms with Crippen LogP contribution in [0.15, 0.2) is 66.2 Å². The highest BCUT2D eigenvalue weighted by Gasteiger charge is 2.12. The van der Waals surface area contributed by atoms with Crippen molar-refractivity contribution < 1.29 is 14.3 Å². The highest BCUT2D eigenvalue weighted by Crippen LogP contribution is 2.23. The summed E-state index contributed by atoms with van der Waals surface area (Å²) in [5, 5.41) is 7.58. The van der Waals surface area contributed by atoms with Crippen LogP contribution in [-0.4, -0.2) is 41.4 Å². The van der Waals surface area contributed by atoms with Gasteiger partial charge in [-0.3, -0.25) is 14.0 Å². The quantitative estimate of drug-likeness (QED) is 0.417. The number of rotatable bonds is 8. The van der Waals surface area contributed by atoms with E-state index >= 15 is 0 Å². The minimum absolute atomic E-state index is 0.106. The van der Waals surface area contributed by atoms with Crippen molar-refractivity contribution in [3.05, 3.63) is 77.4 Å². The maximum atomic E-state index is 12.4. The van der Waals surface area contributed by atoms with E-state index < -0.39 is 0 Å². The average Bonchev–Trinajstić information content (AvgIpc) is 3.39. The molecule has 4 rings (SSSR count). The number of thiazole rings is 1. The predicted octanol–water partition coefficient (Wildman–Crippen LogP) is 3.16. The van der Waals surface area contributed by atoms with Crippen LogP contribution in [0.2, 0.25) is 0 Å². The summed E-state index contributed by atoms with van der Waals surface area (Å²) in [6.07, 6.45) is 2.20. The monoisotopic (exact) mass is 434 g/mol. The molecule has 4 aromatic rings. The molecule has 0 fully saturated rings. The molecule has 2 aromatic carbocycles. The molecular weight excluding hydrogens is 412 g/mol. The summed E-state index contributed by atoms with van der Waals surface area (Å²) in [6, 6.07) is 16.9. The number of nitrogens with zero attached hydrogens (tertiary/aromatic N) is 2. The second kappa shape index (κ2) is 9.44. The van der Waals surface area contributed by atoms with Crippen molar-refractivity contribution in [1.29, 1.82) is 0 Å². The number of carbonyl (C=O) groups is 2. The van der Waals surface area contributed by atoms with E-state index in [4.69, 9.17) is 4.74 Å². The number of fused-ring (bicyclic) bond motifs is 1. The number of methoxy groups -OCH3 is 1. The van der Waals surface area contributed by atoms with E-state index in [1.807, 2.05) is 46.3 Å². The molecule has 0 saturated carbocycles. The summed E-state index contributed by atoms with van der Waals surface area (Å²) < 4.78 is 7.08. The van der Waals surface area contributed by atoms with Crippen LogP contribution < -0.4 is 15.4 Å². The number of aromatic nitrogens is 2. The van der Waals surface area contributed by atoms with E-state index in [9.17, 15) is 9.59 Å². The largest absolute Gasteiger partial charge is 0.497 e. The molecule has 0 unspecified atom stereocenters. The lowest BCUT2D eigenvalue weighted by Crippen LogP contribution is -2.35. The molecule has 0 aliphatic rings. The van der Waals surface area contributed by atoms with Crippen molar-refractivity contribution in [3.63, 3.8) is 0 Å². The molecular formula is C23H22N4O3S. The second-order valence-corrected chi connectivity index (χ2v) is 7.72. The van der Waals surface area contributed by atoms with Gasteiger partial charge in [-0.05, 0) is 18.2 Å². The molecule has 0 radical (unpaired) electrons. The Kier molecular flexibility index (Phi) is 6.28. The number of hydrogen-bond donors (Lipinski definition) is 2. The molecule has 8 heteroatoms.